The van der Waals surface area contributed by atoms with Crippen LogP contribution in [-0.2, 0) is 0 Å². The van der Waals surface area contributed by atoms with Crippen molar-refractivity contribution in [3.8, 4) is 0 Å². The van der Waals surface area contributed by atoms with Crippen LogP contribution in [0.15, 0.2) is 30.3 Å². The van der Waals surface area contributed by atoms with E-state index < -0.39 is 0 Å². The SMILES string of the molecule is CCCCC(NC(CC)CCO)c1ccccc1. The molecule has 2 atom stereocenters. The Bertz CT molecular complexity index is 299. The highest BCUT2D eigenvalue weighted by Gasteiger charge is 2.14. The molecule has 0 aliphatic heterocycles. The maximum Gasteiger partial charge on any atom is 0.0445 e. The molecule has 0 radical (unpaired) electrons. The van der Waals surface area contributed by atoms with E-state index in [1.54, 1.807) is 0 Å². The Morgan fingerprint density at radius 3 is 2.39 bits per heavy atom. The number of benzene rings is 1. The van der Waals surface area contributed by atoms with Crippen molar-refractivity contribution >= 4 is 0 Å². The Labute approximate surface area is 111 Å². The quantitative estimate of drug-likeness (QED) is 0.700. The summed E-state index contributed by atoms with van der Waals surface area (Å²) in [4.78, 5) is 0. The van der Waals surface area contributed by atoms with Gasteiger partial charge in [0.05, 0.1) is 0 Å². The summed E-state index contributed by atoms with van der Waals surface area (Å²) in [5, 5.41) is 12.8. The molecule has 1 aromatic carbocycles. The van der Waals surface area contributed by atoms with Crippen molar-refractivity contribution < 1.29 is 5.11 Å². The fourth-order valence-electron chi connectivity index (χ4n) is 2.29. The van der Waals surface area contributed by atoms with Crippen LogP contribution in [0.1, 0.15) is 57.6 Å². The number of aliphatic hydroxyl groups excluding tert-OH is 1. The van der Waals surface area contributed by atoms with E-state index in [1.165, 1.54) is 24.8 Å². The van der Waals surface area contributed by atoms with Crippen LogP contribution in [0, 0.1) is 0 Å². The maximum absolute atomic E-state index is 9.09. The van der Waals surface area contributed by atoms with Crippen LogP contribution in [0.25, 0.3) is 0 Å². The van der Waals surface area contributed by atoms with Crippen molar-refractivity contribution in [3.63, 3.8) is 0 Å². The summed E-state index contributed by atoms with van der Waals surface area (Å²) >= 11 is 0. The van der Waals surface area contributed by atoms with Gasteiger partial charge in [-0.2, -0.15) is 0 Å². The van der Waals surface area contributed by atoms with Gasteiger partial charge in [0.25, 0.3) is 0 Å². The van der Waals surface area contributed by atoms with Gasteiger partial charge >= 0.3 is 0 Å². The lowest BCUT2D eigenvalue weighted by Crippen LogP contribution is -2.33. The first-order chi connectivity index (χ1) is 8.81. The Morgan fingerprint density at radius 1 is 1.11 bits per heavy atom. The zero-order chi connectivity index (χ0) is 13.2. The lowest BCUT2D eigenvalue weighted by Gasteiger charge is -2.25. The third-order valence-electron chi connectivity index (χ3n) is 3.46. The predicted molar refractivity (Wildman–Crippen MR) is 77.6 cm³/mol. The zero-order valence-corrected chi connectivity index (χ0v) is 11.7. The van der Waals surface area contributed by atoms with E-state index in [9.17, 15) is 0 Å². The summed E-state index contributed by atoms with van der Waals surface area (Å²) < 4.78 is 0. The predicted octanol–water partition coefficient (Wildman–Crippen LogP) is 3.67. The van der Waals surface area contributed by atoms with Gasteiger partial charge in [-0.25, -0.2) is 0 Å². The van der Waals surface area contributed by atoms with Gasteiger partial charge in [-0.05, 0) is 24.8 Å². The van der Waals surface area contributed by atoms with E-state index in [1.807, 2.05) is 0 Å². The summed E-state index contributed by atoms with van der Waals surface area (Å²) in [6.45, 7) is 4.67. The van der Waals surface area contributed by atoms with Crippen LogP contribution in [-0.4, -0.2) is 17.8 Å². The number of aliphatic hydroxyl groups is 1. The molecule has 0 aliphatic carbocycles. The minimum Gasteiger partial charge on any atom is -0.396 e. The van der Waals surface area contributed by atoms with Crippen LogP contribution in [0.5, 0.6) is 0 Å². The molecular weight excluding hydrogens is 222 g/mol. The van der Waals surface area contributed by atoms with Gasteiger partial charge < -0.3 is 10.4 Å². The number of nitrogens with one attached hydrogen (secondary N) is 1. The van der Waals surface area contributed by atoms with Gasteiger partial charge in [0.2, 0.25) is 0 Å². The molecule has 0 heterocycles. The molecule has 2 N–H and O–H groups in total. The topological polar surface area (TPSA) is 32.3 Å². The first kappa shape index (κ1) is 15.2. The highest BCUT2D eigenvalue weighted by atomic mass is 16.3. The zero-order valence-electron chi connectivity index (χ0n) is 11.7. The van der Waals surface area contributed by atoms with Crippen LogP contribution in [0.3, 0.4) is 0 Å². The molecule has 0 bridgehead atoms. The van der Waals surface area contributed by atoms with Gasteiger partial charge in [-0.1, -0.05) is 57.0 Å². The third kappa shape index (κ3) is 5.19. The van der Waals surface area contributed by atoms with Crippen LogP contribution in [0.4, 0.5) is 0 Å². The fourth-order valence-corrected chi connectivity index (χ4v) is 2.29. The number of unbranched alkanes of at least 4 members (excludes halogenated alkanes) is 1. The number of hydrogen-bond acceptors (Lipinski definition) is 2. The molecule has 0 spiro atoms. The fraction of sp³-hybridized carbons (Fsp3) is 0.625. The largest absolute Gasteiger partial charge is 0.396 e. The van der Waals surface area contributed by atoms with Crippen molar-refractivity contribution in [2.45, 2.75) is 58.0 Å². The van der Waals surface area contributed by atoms with E-state index in [0.717, 1.165) is 12.8 Å². The molecule has 0 fully saturated rings. The van der Waals surface area contributed by atoms with E-state index in [0.29, 0.717) is 12.1 Å². The third-order valence-corrected chi connectivity index (χ3v) is 3.46. The molecule has 2 heteroatoms. The molecule has 2 unspecified atom stereocenters. The highest BCUT2D eigenvalue weighted by molar-refractivity contribution is 5.19. The minimum absolute atomic E-state index is 0.265. The summed E-state index contributed by atoms with van der Waals surface area (Å²) in [6.07, 6.45) is 5.54. The minimum atomic E-state index is 0.265. The summed E-state index contributed by atoms with van der Waals surface area (Å²) in [5.41, 5.74) is 1.36. The van der Waals surface area contributed by atoms with Crippen molar-refractivity contribution in [1.29, 1.82) is 0 Å². The van der Waals surface area contributed by atoms with E-state index in [-0.39, 0.29) is 6.61 Å². The Morgan fingerprint density at radius 2 is 1.83 bits per heavy atom. The molecule has 1 rings (SSSR count). The van der Waals surface area contributed by atoms with Crippen molar-refractivity contribution in [2.24, 2.45) is 0 Å². The van der Waals surface area contributed by atoms with Crippen LogP contribution >= 0.6 is 0 Å². The second-order valence-electron chi connectivity index (χ2n) is 4.89. The molecule has 1 aromatic rings. The van der Waals surface area contributed by atoms with Crippen molar-refractivity contribution in [3.05, 3.63) is 35.9 Å². The number of hydrogen-bond donors (Lipinski definition) is 2. The standard InChI is InChI=1S/C16H27NO/c1-3-5-11-16(14-9-7-6-8-10-14)17-15(4-2)12-13-18/h6-10,15-18H,3-5,11-13H2,1-2H3. The molecule has 0 aromatic heterocycles. The van der Waals surface area contributed by atoms with E-state index in [4.69, 9.17) is 5.11 Å². The summed E-state index contributed by atoms with van der Waals surface area (Å²) in [6, 6.07) is 11.5. The van der Waals surface area contributed by atoms with Gasteiger partial charge in [0, 0.05) is 18.7 Å². The average molecular weight is 249 g/mol. The van der Waals surface area contributed by atoms with Crippen molar-refractivity contribution in [1.82, 2.24) is 5.32 Å². The molecule has 102 valence electrons. The molecule has 2 nitrogen and oxygen atoms in total. The maximum atomic E-state index is 9.09. The van der Waals surface area contributed by atoms with Crippen molar-refractivity contribution in [2.75, 3.05) is 6.61 Å². The monoisotopic (exact) mass is 249 g/mol. The first-order valence-electron chi connectivity index (χ1n) is 7.23. The Kier molecular flexibility index (Phi) is 7.70. The van der Waals surface area contributed by atoms with Gasteiger partial charge in [-0.15, -0.1) is 0 Å². The summed E-state index contributed by atoms with van der Waals surface area (Å²) in [5.74, 6) is 0. The van der Waals surface area contributed by atoms with Crippen LogP contribution in [0.2, 0.25) is 0 Å². The molecule has 0 saturated heterocycles. The van der Waals surface area contributed by atoms with E-state index in [2.05, 4.69) is 49.5 Å². The smallest absolute Gasteiger partial charge is 0.0445 e. The lowest BCUT2D eigenvalue weighted by molar-refractivity contribution is 0.253. The lowest BCUT2D eigenvalue weighted by atomic mass is 9.99. The Hall–Kier alpha value is -0.860. The van der Waals surface area contributed by atoms with Crippen LogP contribution < -0.4 is 5.32 Å². The molecule has 0 amide bonds. The molecule has 0 aliphatic rings. The first-order valence-corrected chi connectivity index (χ1v) is 7.23. The van der Waals surface area contributed by atoms with Gasteiger partial charge in [-0.3, -0.25) is 0 Å². The molecule has 0 saturated carbocycles. The average Bonchev–Trinajstić information content (AvgIpc) is 2.43. The van der Waals surface area contributed by atoms with Gasteiger partial charge in [0.15, 0.2) is 0 Å². The van der Waals surface area contributed by atoms with Gasteiger partial charge in [0.1, 0.15) is 0 Å². The molecule has 18 heavy (non-hydrogen) atoms. The highest BCUT2D eigenvalue weighted by Crippen LogP contribution is 2.20. The Balaban J connectivity index is 2.65. The van der Waals surface area contributed by atoms with E-state index >= 15 is 0 Å². The second kappa shape index (κ2) is 9.12. The second-order valence-corrected chi connectivity index (χ2v) is 4.89. The summed E-state index contributed by atoms with van der Waals surface area (Å²) in [7, 11) is 0. The number of rotatable bonds is 9. The molecular formula is C16H27NO. The normalized spacial score (nSPS) is 14.4.